The van der Waals surface area contributed by atoms with Gasteiger partial charge in [-0.15, -0.1) is 0 Å². The quantitative estimate of drug-likeness (QED) is 0.920. The summed E-state index contributed by atoms with van der Waals surface area (Å²) < 4.78 is 1.05. The summed E-state index contributed by atoms with van der Waals surface area (Å²) in [7, 11) is 0. The maximum absolute atomic E-state index is 5.79. The third-order valence-corrected chi connectivity index (χ3v) is 3.87. The molecule has 2 rings (SSSR count). The fourth-order valence-electron chi connectivity index (χ4n) is 1.35. The first kappa shape index (κ1) is 11.5. The zero-order chi connectivity index (χ0) is 11.7. The largest absolute Gasteiger partial charge is 0.384 e. The van der Waals surface area contributed by atoms with Gasteiger partial charge in [0.25, 0.3) is 0 Å². The molecule has 0 amide bonds. The number of nitrogen functional groups attached to an aromatic ring is 1. The van der Waals surface area contributed by atoms with E-state index < -0.39 is 0 Å². The number of rotatable bonds is 2. The summed E-state index contributed by atoms with van der Waals surface area (Å²) in [6.45, 7) is 4.11. The number of nitrogens with two attached hydrogens (primary N) is 1. The zero-order valence-corrected chi connectivity index (χ0v) is 11.5. The van der Waals surface area contributed by atoms with E-state index in [2.05, 4.69) is 45.1 Å². The predicted molar refractivity (Wildman–Crippen MR) is 71.5 cm³/mol. The van der Waals surface area contributed by atoms with Gasteiger partial charge in [-0.1, -0.05) is 13.8 Å². The third kappa shape index (κ3) is 2.25. The van der Waals surface area contributed by atoms with Gasteiger partial charge in [0.05, 0.1) is 5.69 Å². The number of hydrogen-bond acceptors (Lipinski definition) is 4. The van der Waals surface area contributed by atoms with Gasteiger partial charge in [-0.05, 0) is 15.9 Å². The predicted octanol–water partition coefficient (Wildman–Crippen LogP) is 3.67. The van der Waals surface area contributed by atoms with Crippen molar-refractivity contribution in [1.82, 2.24) is 9.97 Å². The van der Waals surface area contributed by atoms with Crippen molar-refractivity contribution in [2.24, 2.45) is 0 Å². The van der Waals surface area contributed by atoms with Crippen LogP contribution in [0.2, 0.25) is 0 Å². The van der Waals surface area contributed by atoms with Crippen LogP contribution >= 0.6 is 27.3 Å². The van der Waals surface area contributed by atoms with E-state index in [1.807, 2.05) is 5.38 Å². The third-order valence-electron chi connectivity index (χ3n) is 2.17. The van der Waals surface area contributed by atoms with Crippen molar-refractivity contribution in [3.05, 3.63) is 27.1 Å². The maximum atomic E-state index is 5.79. The second-order valence-electron chi connectivity index (χ2n) is 3.82. The van der Waals surface area contributed by atoms with Crippen LogP contribution in [0.5, 0.6) is 0 Å². The minimum Gasteiger partial charge on any atom is -0.384 e. The Labute approximate surface area is 107 Å². The lowest BCUT2D eigenvalue weighted by atomic mass is 10.2. The molecule has 2 aromatic rings. The van der Waals surface area contributed by atoms with E-state index in [-0.39, 0.29) is 5.92 Å². The molecule has 0 saturated heterocycles. The van der Waals surface area contributed by atoms with E-state index in [4.69, 9.17) is 5.73 Å². The molecule has 0 aliphatic heterocycles. The van der Waals surface area contributed by atoms with Crippen LogP contribution in [0.4, 0.5) is 5.82 Å². The molecule has 2 aromatic heterocycles. The molecule has 5 heteroatoms. The van der Waals surface area contributed by atoms with Crippen molar-refractivity contribution in [3.8, 4) is 11.3 Å². The highest BCUT2D eigenvalue weighted by molar-refractivity contribution is 9.10. The molecular formula is C11H12BrN3S. The van der Waals surface area contributed by atoms with Crippen molar-refractivity contribution in [3.63, 3.8) is 0 Å². The van der Waals surface area contributed by atoms with Crippen LogP contribution < -0.4 is 5.73 Å². The van der Waals surface area contributed by atoms with Gasteiger partial charge in [-0.2, -0.15) is 11.3 Å². The number of anilines is 1. The summed E-state index contributed by atoms with van der Waals surface area (Å²) in [5.41, 5.74) is 7.74. The van der Waals surface area contributed by atoms with Crippen LogP contribution in [0.25, 0.3) is 11.3 Å². The lowest BCUT2D eigenvalue weighted by Gasteiger charge is -2.07. The van der Waals surface area contributed by atoms with Crippen molar-refractivity contribution < 1.29 is 0 Å². The lowest BCUT2D eigenvalue weighted by molar-refractivity contribution is 0.779. The first-order valence-electron chi connectivity index (χ1n) is 4.94. The summed E-state index contributed by atoms with van der Waals surface area (Å²) in [6.07, 6.45) is 0. The molecule has 0 spiro atoms. The minimum absolute atomic E-state index is 0.277. The average molecular weight is 298 g/mol. The van der Waals surface area contributed by atoms with Crippen LogP contribution in [0.3, 0.4) is 0 Å². The van der Waals surface area contributed by atoms with Gasteiger partial charge < -0.3 is 5.73 Å². The number of halogens is 1. The summed E-state index contributed by atoms with van der Waals surface area (Å²) in [6, 6.07) is 1.80. The topological polar surface area (TPSA) is 51.8 Å². The molecule has 0 aliphatic rings. The molecule has 0 aliphatic carbocycles. The average Bonchev–Trinajstić information content (AvgIpc) is 2.63. The van der Waals surface area contributed by atoms with Crippen LogP contribution in [-0.4, -0.2) is 9.97 Å². The first-order valence-corrected chi connectivity index (χ1v) is 6.68. The molecule has 0 atom stereocenters. The standard InChI is InChI=1S/C11H12BrN3S/c1-6(2)11-14-9(3-10(13)15-11)7-4-16-5-8(7)12/h3-6H,1-2H3,(H2,13,14,15). The van der Waals surface area contributed by atoms with Gasteiger partial charge in [-0.25, -0.2) is 9.97 Å². The highest BCUT2D eigenvalue weighted by Crippen LogP contribution is 2.31. The fraction of sp³-hybridized carbons (Fsp3) is 0.273. The van der Waals surface area contributed by atoms with Crippen molar-refractivity contribution in [2.45, 2.75) is 19.8 Å². The summed E-state index contributed by atoms with van der Waals surface area (Å²) in [5.74, 6) is 1.58. The van der Waals surface area contributed by atoms with Crippen LogP contribution in [0, 0.1) is 0 Å². The first-order chi connectivity index (χ1) is 7.58. The summed E-state index contributed by atoms with van der Waals surface area (Å²) in [5, 5.41) is 4.08. The van der Waals surface area contributed by atoms with Gasteiger partial charge in [0.2, 0.25) is 0 Å². The van der Waals surface area contributed by atoms with Gasteiger partial charge in [0.1, 0.15) is 11.6 Å². The molecule has 0 radical (unpaired) electrons. The Morgan fingerprint density at radius 1 is 1.31 bits per heavy atom. The minimum atomic E-state index is 0.277. The summed E-state index contributed by atoms with van der Waals surface area (Å²) >= 11 is 5.13. The molecule has 0 aromatic carbocycles. The highest BCUT2D eigenvalue weighted by atomic mass is 79.9. The van der Waals surface area contributed by atoms with E-state index in [1.54, 1.807) is 17.4 Å². The second kappa shape index (κ2) is 4.51. The monoisotopic (exact) mass is 297 g/mol. The molecule has 3 nitrogen and oxygen atoms in total. The molecular weight excluding hydrogens is 286 g/mol. The van der Waals surface area contributed by atoms with Gasteiger partial charge in [0, 0.05) is 32.8 Å². The Bertz CT molecular complexity index is 508. The van der Waals surface area contributed by atoms with Crippen LogP contribution in [-0.2, 0) is 0 Å². The van der Waals surface area contributed by atoms with Gasteiger partial charge in [-0.3, -0.25) is 0 Å². The molecule has 2 N–H and O–H groups in total. The number of aromatic nitrogens is 2. The molecule has 2 heterocycles. The molecule has 0 saturated carbocycles. The molecule has 0 fully saturated rings. The van der Waals surface area contributed by atoms with Crippen molar-refractivity contribution in [1.29, 1.82) is 0 Å². The highest BCUT2D eigenvalue weighted by Gasteiger charge is 2.10. The van der Waals surface area contributed by atoms with Crippen LogP contribution in [0.1, 0.15) is 25.6 Å². The Hall–Kier alpha value is -0.940. The van der Waals surface area contributed by atoms with E-state index in [1.165, 1.54) is 0 Å². The Morgan fingerprint density at radius 3 is 2.62 bits per heavy atom. The molecule has 0 bridgehead atoms. The maximum Gasteiger partial charge on any atom is 0.133 e. The van der Waals surface area contributed by atoms with E-state index in [0.717, 1.165) is 21.6 Å². The molecule has 84 valence electrons. The number of thiophene rings is 1. The van der Waals surface area contributed by atoms with Crippen LogP contribution in [0.15, 0.2) is 21.3 Å². The fourth-order valence-corrected chi connectivity index (χ4v) is 2.84. The van der Waals surface area contributed by atoms with Crippen molar-refractivity contribution >= 4 is 33.1 Å². The van der Waals surface area contributed by atoms with Gasteiger partial charge >= 0.3 is 0 Å². The Balaban J connectivity index is 2.54. The molecule has 16 heavy (non-hydrogen) atoms. The van der Waals surface area contributed by atoms with Crippen molar-refractivity contribution in [2.75, 3.05) is 5.73 Å². The molecule has 0 unspecified atom stereocenters. The number of hydrogen-bond donors (Lipinski definition) is 1. The summed E-state index contributed by atoms with van der Waals surface area (Å²) in [4.78, 5) is 8.75. The second-order valence-corrected chi connectivity index (χ2v) is 5.42. The Kier molecular flexibility index (Phi) is 3.25. The Morgan fingerprint density at radius 2 is 2.06 bits per heavy atom. The van der Waals surface area contributed by atoms with E-state index >= 15 is 0 Å². The zero-order valence-electron chi connectivity index (χ0n) is 9.07. The van der Waals surface area contributed by atoms with E-state index in [9.17, 15) is 0 Å². The normalized spacial score (nSPS) is 11.0. The van der Waals surface area contributed by atoms with Gasteiger partial charge in [0.15, 0.2) is 0 Å². The smallest absolute Gasteiger partial charge is 0.133 e. The lowest BCUT2D eigenvalue weighted by Crippen LogP contribution is -2.02. The number of nitrogens with zero attached hydrogens (tertiary/aromatic N) is 2. The SMILES string of the molecule is CC(C)c1nc(N)cc(-c2cscc2Br)n1. The van der Waals surface area contributed by atoms with E-state index in [0.29, 0.717) is 5.82 Å².